The minimum Gasteiger partial charge on any atom is -0.493 e. The van der Waals surface area contributed by atoms with Crippen LogP contribution in [0.4, 0.5) is 44.7 Å². The molecule has 20 heteroatoms. The fourth-order valence-electron chi connectivity index (χ4n) is 7.59. The Labute approximate surface area is 353 Å². The van der Waals surface area contributed by atoms with Crippen molar-refractivity contribution in [1.29, 1.82) is 5.26 Å². The third-order valence-electron chi connectivity index (χ3n) is 10.7. The van der Waals surface area contributed by atoms with Crippen molar-refractivity contribution in [3.05, 3.63) is 70.5 Å². The number of anilines is 4. The van der Waals surface area contributed by atoms with Gasteiger partial charge in [-0.2, -0.15) is 18.4 Å². The summed E-state index contributed by atoms with van der Waals surface area (Å²) in [5.74, 6) is -4.95. The molecule has 0 bridgehead atoms. The Balaban J connectivity index is 1.04. The van der Waals surface area contributed by atoms with Gasteiger partial charge in [0.2, 0.25) is 17.7 Å². The van der Waals surface area contributed by atoms with E-state index in [1.807, 2.05) is 4.90 Å². The van der Waals surface area contributed by atoms with Gasteiger partial charge in [0, 0.05) is 35.4 Å². The fraction of sp³-hybridized carbons (Fsp3) is 0.450. The number of nitriles is 1. The van der Waals surface area contributed by atoms with Crippen molar-refractivity contribution in [2.45, 2.75) is 82.1 Å². The van der Waals surface area contributed by atoms with Crippen LogP contribution >= 0.6 is 24.2 Å². The molecule has 6 rings (SSSR count). The number of aromatic nitrogens is 1. The first-order chi connectivity index (χ1) is 28.1. The number of likely N-dealkylation sites (tertiary alicyclic amines) is 1. The van der Waals surface area contributed by atoms with Crippen LogP contribution in [0.25, 0.3) is 0 Å². The van der Waals surface area contributed by atoms with Gasteiger partial charge in [-0.05, 0) is 101 Å². The molecule has 3 fully saturated rings. The lowest BCUT2D eigenvalue weighted by atomic mass is 9.94. The highest BCUT2D eigenvalue weighted by molar-refractivity contribution is 7.81. The largest absolute Gasteiger partial charge is 0.493 e. The number of thiol groups is 1. The van der Waals surface area contributed by atoms with E-state index in [0.717, 1.165) is 23.9 Å². The van der Waals surface area contributed by atoms with E-state index in [1.165, 1.54) is 43.0 Å². The third kappa shape index (κ3) is 9.88. The number of nitrogens with zero attached hydrogens (tertiary/aromatic N) is 5. The predicted octanol–water partition coefficient (Wildman–Crippen LogP) is 6.92. The van der Waals surface area contributed by atoms with Gasteiger partial charge in [-0.1, -0.05) is 11.6 Å². The van der Waals surface area contributed by atoms with Crippen LogP contribution in [0.1, 0.15) is 69.7 Å². The van der Waals surface area contributed by atoms with Crippen molar-refractivity contribution < 1.29 is 45.9 Å². The summed E-state index contributed by atoms with van der Waals surface area (Å²) >= 11 is 10.8. The Hall–Kier alpha value is -5.19. The number of ether oxygens (including phenoxy) is 1. The van der Waals surface area contributed by atoms with E-state index in [1.54, 1.807) is 18.2 Å². The number of piperidine rings is 2. The topological polar surface area (TPSA) is 160 Å². The highest BCUT2D eigenvalue weighted by Crippen LogP contribution is 2.45. The summed E-state index contributed by atoms with van der Waals surface area (Å²) in [5, 5.41) is 17.7. The minimum atomic E-state index is -4.93. The normalized spacial score (nSPS) is 20.2. The maximum absolute atomic E-state index is 15.1. The van der Waals surface area contributed by atoms with Gasteiger partial charge in [0.25, 0.3) is 11.8 Å². The van der Waals surface area contributed by atoms with E-state index in [-0.39, 0.29) is 54.4 Å². The Morgan fingerprint density at radius 1 is 1.03 bits per heavy atom. The summed E-state index contributed by atoms with van der Waals surface area (Å²) in [5.41, 5.74) is -4.51. The summed E-state index contributed by atoms with van der Waals surface area (Å²) < 4.78 is 77.4. The molecule has 0 spiro atoms. The number of carbonyl (C=O) groups excluding carboxylic acids is 4. The van der Waals surface area contributed by atoms with Crippen LogP contribution in [0.2, 0.25) is 5.02 Å². The second kappa shape index (κ2) is 17.4. The number of benzene rings is 2. The van der Waals surface area contributed by atoms with Crippen molar-refractivity contribution in [1.82, 2.24) is 15.2 Å². The molecule has 1 aromatic heterocycles. The quantitative estimate of drug-likeness (QED) is 0.0855. The molecule has 4 heterocycles. The highest BCUT2D eigenvalue weighted by atomic mass is 35.5. The second-order valence-corrected chi connectivity index (χ2v) is 16.4. The Morgan fingerprint density at radius 3 is 2.37 bits per heavy atom. The maximum atomic E-state index is 15.1. The fourth-order valence-corrected chi connectivity index (χ4v) is 8.49. The average Bonchev–Trinajstić information content (AvgIpc) is 3.34. The van der Waals surface area contributed by atoms with Crippen LogP contribution in [0.3, 0.4) is 0 Å². The molecule has 2 unspecified atom stereocenters. The second-order valence-electron chi connectivity index (χ2n) is 15.5. The standard InChI is InChI=1S/C40H42ClF5N8O5S/c1-38(2)36(58)53(27-18-28(40(44,45)46)31(19-47)48-20-27)37(60)54(38)26-4-6-32(29(17-26)39(3,42)43)59-13-10-22-8-11-52(12-9-22)21-34(56)50-25-15-23(41)14-24(16-25)49-30-5-7-33(55)51-35(30)57/h4,6,14-18,20,22,30,37,49,60H,5,7-13,21H2,1-3H3,(H,50,56)(H,51,55,57). The van der Waals surface area contributed by atoms with Gasteiger partial charge in [-0.15, -0.1) is 12.6 Å². The van der Waals surface area contributed by atoms with Crippen molar-refractivity contribution >= 4 is 70.6 Å². The van der Waals surface area contributed by atoms with E-state index < -0.39 is 57.8 Å². The van der Waals surface area contributed by atoms with Crippen LogP contribution < -0.4 is 30.5 Å². The molecule has 2 atom stereocenters. The van der Waals surface area contributed by atoms with Crippen molar-refractivity contribution in [3.8, 4) is 11.8 Å². The smallest absolute Gasteiger partial charge is 0.419 e. The van der Waals surface area contributed by atoms with Crippen molar-refractivity contribution in [2.24, 2.45) is 5.92 Å². The van der Waals surface area contributed by atoms with Gasteiger partial charge < -0.3 is 20.3 Å². The molecular formula is C40H42ClF5N8O5S. The summed E-state index contributed by atoms with van der Waals surface area (Å²) in [6.07, 6.45) is -1.41. The SMILES string of the molecule is CC(F)(F)c1cc(N2C(S)N(c3cnc(C#N)c(C(F)(F)F)c3)C(=O)C2(C)C)ccc1OCCC1CCN(CC(=O)Nc2cc(Cl)cc(NC3CCC(=O)NC3=O)c2)CC1. The average molecular weight is 877 g/mol. The van der Waals surface area contributed by atoms with Crippen molar-refractivity contribution in [3.63, 3.8) is 0 Å². The molecule has 0 radical (unpaired) electrons. The first-order valence-corrected chi connectivity index (χ1v) is 19.9. The van der Waals surface area contributed by atoms with Crippen LogP contribution in [0.15, 0.2) is 48.7 Å². The molecule has 2 aromatic carbocycles. The number of pyridine rings is 1. The maximum Gasteiger partial charge on any atom is 0.419 e. The molecule has 3 aromatic rings. The van der Waals surface area contributed by atoms with E-state index in [4.69, 9.17) is 21.6 Å². The Kier molecular flexibility index (Phi) is 12.9. The monoisotopic (exact) mass is 876 g/mol. The lowest BCUT2D eigenvalue weighted by Crippen LogP contribution is -2.47. The number of halogens is 6. The lowest BCUT2D eigenvalue weighted by molar-refractivity contribution is -0.138. The molecule has 320 valence electrons. The molecule has 3 aliphatic rings. The van der Waals surface area contributed by atoms with Crippen LogP contribution in [-0.4, -0.2) is 76.8 Å². The van der Waals surface area contributed by atoms with Gasteiger partial charge in [0.15, 0.2) is 11.2 Å². The molecular weight excluding hydrogens is 835 g/mol. The summed E-state index contributed by atoms with van der Waals surface area (Å²) in [6.45, 7) is 5.17. The van der Waals surface area contributed by atoms with E-state index in [0.29, 0.717) is 55.3 Å². The van der Waals surface area contributed by atoms with E-state index in [2.05, 4.69) is 33.6 Å². The molecule has 13 nitrogen and oxygen atoms in total. The molecule has 4 amide bonds. The Bertz CT molecular complexity index is 2210. The molecule has 60 heavy (non-hydrogen) atoms. The van der Waals surface area contributed by atoms with Gasteiger partial charge in [0.1, 0.15) is 23.4 Å². The Morgan fingerprint density at radius 2 is 1.72 bits per heavy atom. The lowest BCUT2D eigenvalue weighted by Gasteiger charge is -2.34. The number of nitrogens with one attached hydrogen (secondary N) is 3. The van der Waals surface area contributed by atoms with E-state index in [9.17, 15) is 32.3 Å². The number of hydrogen-bond donors (Lipinski definition) is 4. The van der Waals surface area contributed by atoms with E-state index >= 15 is 8.78 Å². The van der Waals surface area contributed by atoms with Gasteiger partial charge in [-0.25, -0.2) is 13.8 Å². The zero-order valence-electron chi connectivity index (χ0n) is 32.7. The number of carbonyl (C=O) groups is 4. The summed E-state index contributed by atoms with van der Waals surface area (Å²) in [4.78, 5) is 58.2. The zero-order valence-corrected chi connectivity index (χ0v) is 34.4. The highest BCUT2D eigenvalue weighted by Gasteiger charge is 2.52. The van der Waals surface area contributed by atoms with Crippen LogP contribution in [0.5, 0.6) is 5.75 Å². The molecule has 0 aliphatic carbocycles. The number of rotatable bonds is 12. The number of hydrogen-bond acceptors (Lipinski definition) is 11. The van der Waals surface area contributed by atoms with Gasteiger partial charge >= 0.3 is 6.18 Å². The first kappa shape index (κ1) is 44.4. The van der Waals surface area contributed by atoms with Crippen molar-refractivity contribution in [2.75, 3.05) is 46.7 Å². The minimum absolute atomic E-state index is 0.0705. The van der Waals surface area contributed by atoms with Gasteiger partial charge in [0.05, 0.1) is 36.2 Å². The molecule has 3 N–H and O–H groups in total. The van der Waals surface area contributed by atoms with Crippen LogP contribution in [-0.2, 0) is 31.3 Å². The molecule has 0 saturated carbocycles. The van der Waals surface area contributed by atoms with Crippen LogP contribution in [0, 0.1) is 17.2 Å². The number of amides is 4. The summed E-state index contributed by atoms with van der Waals surface area (Å²) in [7, 11) is 0. The van der Waals surface area contributed by atoms with Gasteiger partial charge in [-0.3, -0.25) is 34.3 Å². The summed E-state index contributed by atoms with van der Waals surface area (Å²) in [6, 6.07) is 10.3. The third-order valence-corrected chi connectivity index (χ3v) is 11.4. The first-order valence-electron chi connectivity index (χ1n) is 19.0. The zero-order chi connectivity index (χ0) is 43.7. The number of alkyl halides is 5. The molecule has 3 saturated heterocycles. The molecule has 3 aliphatic heterocycles. The predicted molar refractivity (Wildman–Crippen MR) is 216 cm³/mol. The number of imide groups is 1.